The third kappa shape index (κ3) is 5.13. The van der Waals surface area contributed by atoms with Crippen LogP contribution in [0.25, 0.3) is 10.9 Å². The van der Waals surface area contributed by atoms with Gasteiger partial charge in [-0.2, -0.15) is 0 Å². The van der Waals surface area contributed by atoms with Crippen LogP contribution in [-0.4, -0.2) is 30.0 Å². The Morgan fingerprint density at radius 2 is 1.96 bits per heavy atom. The lowest BCUT2D eigenvalue weighted by molar-refractivity contribution is 0.0976. The smallest absolute Gasteiger partial charge is 0.257 e. The van der Waals surface area contributed by atoms with E-state index in [-0.39, 0.29) is 11.9 Å². The average Bonchev–Trinajstić information content (AvgIpc) is 3.12. The number of ether oxygens (including phenoxy) is 1. The standard InChI is InChI=1S/C22H26N4O2/c1-2-3-14-28-18-10-8-16(9-11-18)21(27)26-22(23)24-13-12-17-15-25-20-7-5-4-6-19(17)20/h4-11,15,25H,2-3,12-14H2,1H3,(H3,23,24,26,27). The minimum absolute atomic E-state index is 0.119. The van der Waals surface area contributed by atoms with Gasteiger partial charge in [0.25, 0.3) is 5.91 Å². The summed E-state index contributed by atoms with van der Waals surface area (Å²) in [4.78, 5) is 19.8. The van der Waals surface area contributed by atoms with Crippen molar-refractivity contribution >= 4 is 22.8 Å². The number of carbonyl (C=O) groups is 1. The fourth-order valence-electron chi connectivity index (χ4n) is 2.90. The molecule has 0 bridgehead atoms. The highest BCUT2D eigenvalue weighted by molar-refractivity contribution is 6.05. The van der Waals surface area contributed by atoms with E-state index in [0.717, 1.165) is 30.5 Å². The van der Waals surface area contributed by atoms with Gasteiger partial charge in [0.15, 0.2) is 5.96 Å². The van der Waals surface area contributed by atoms with Crippen LogP contribution in [0.15, 0.2) is 59.7 Å². The fourth-order valence-corrected chi connectivity index (χ4v) is 2.90. The maximum Gasteiger partial charge on any atom is 0.257 e. The zero-order chi connectivity index (χ0) is 19.8. The van der Waals surface area contributed by atoms with E-state index in [0.29, 0.717) is 18.7 Å². The molecule has 6 heteroatoms. The number of aromatic nitrogens is 1. The second-order valence-corrected chi connectivity index (χ2v) is 6.56. The molecular formula is C22H26N4O2. The van der Waals surface area contributed by atoms with Gasteiger partial charge in [0.1, 0.15) is 5.75 Å². The highest BCUT2D eigenvalue weighted by Crippen LogP contribution is 2.18. The fraction of sp³-hybridized carbons (Fsp3) is 0.273. The number of aliphatic imine (C=N–C) groups is 1. The number of carbonyl (C=O) groups excluding carboxylic acids is 1. The Labute approximate surface area is 164 Å². The van der Waals surface area contributed by atoms with Gasteiger partial charge in [0.2, 0.25) is 0 Å². The van der Waals surface area contributed by atoms with E-state index in [4.69, 9.17) is 10.5 Å². The Hall–Kier alpha value is -3.28. The molecule has 0 spiro atoms. The van der Waals surface area contributed by atoms with Crippen LogP contribution in [0.1, 0.15) is 35.7 Å². The Morgan fingerprint density at radius 1 is 1.18 bits per heavy atom. The molecule has 0 unspecified atom stereocenters. The minimum Gasteiger partial charge on any atom is -0.494 e. The summed E-state index contributed by atoms with van der Waals surface area (Å²) in [5.41, 5.74) is 8.65. The Bertz CT molecular complexity index is 945. The molecule has 2 aromatic carbocycles. The van der Waals surface area contributed by atoms with Gasteiger partial charge in [-0.15, -0.1) is 0 Å². The number of fused-ring (bicyclic) bond motifs is 1. The monoisotopic (exact) mass is 378 g/mol. The van der Waals surface area contributed by atoms with Crippen molar-refractivity contribution in [3.05, 3.63) is 65.9 Å². The van der Waals surface area contributed by atoms with Crippen LogP contribution in [0.2, 0.25) is 0 Å². The van der Waals surface area contributed by atoms with Crippen LogP contribution in [0, 0.1) is 0 Å². The van der Waals surface area contributed by atoms with E-state index in [1.165, 1.54) is 10.9 Å². The molecule has 0 saturated carbocycles. The van der Waals surface area contributed by atoms with Crippen molar-refractivity contribution in [2.24, 2.45) is 10.7 Å². The Kier molecular flexibility index (Phi) is 6.68. The van der Waals surface area contributed by atoms with Crippen LogP contribution in [0.4, 0.5) is 0 Å². The summed E-state index contributed by atoms with van der Waals surface area (Å²) in [5.74, 6) is 0.590. The summed E-state index contributed by atoms with van der Waals surface area (Å²) in [6, 6.07) is 15.1. The van der Waals surface area contributed by atoms with Gasteiger partial charge in [-0.25, -0.2) is 0 Å². The van der Waals surface area contributed by atoms with Crippen molar-refractivity contribution in [3.63, 3.8) is 0 Å². The molecule has 4 N–H and O–H groups in total. The number of nitrogens with two attached hydrogens (primary N) is 1. The number of guanidine groups is 1. The van der Waals surface area contributed by atoms with Crippen molar-refractivity contribution in [3.8, 4) is 5.75 Å². The lowest BCUT2D eigenvalue weighted by Gasteiger charge is -2.07. The maximum atomic E-state index is 12.3. The number of nitrogens with zero attached hydrogens (tertiary/aromatic N) is 1. The topological polar surface area (TPSA) is 92.5 Å². The van der Waals surface area contributed by atoms with E-state index in [1.54, 1.807) is 24.3 Å². The second kappa shape index (κ2) is 9.60. The quantitative estimate of drug-likeness (QED) is 0.317. The van der Waals surface area contributed by atoms with Crippen molar-refractivity contribution in [2.75, 3.05) is 13.2 Å². The largest absolute Gasteiger partial charge is 0.494 e. The normalized spacial score (nSPS) is 11.5. The van der Waals surface area contributed by atoms with Gasteiger partial charge in [0, 0.05) is 29.2 Å². The van der Waals surface area contributed by atoms with Gasteiger partial charge in [0.05, 0.1) is 6.61 Å². The molecule has 1 heterocycles. The predicted octanol–water partition coefficient (Wildman–Crippen LogP) is 3.63. The van der Waals surface area contributed by atoms with Crippen LogP contribution in [0.5, 0.6) is 5.75 Å². The average molecular weight is 378 g/mol. The molecule has 0 aliphatic rings. The van der Waals surface area contributed by atoms with E-state index in [2.05, 4.69) is 28.3 Å². The van der Waals surface area contributed by atoms with Crippen LogP contribution < -0.4 is 15.8 Å². The van der Waals surface area contributed by atoms with E-state index in [1.807, 2.05) is 24.4 Å². The number of H-pyrrole nitrogens is 1. The molecule has 0 aliphatic carbocycles. The van der Waals surface area contributed by atoms with Crippen molar-refractivity contribution in [1.82, 2.24) is 10.3 Å². The van der Waals surface area contributed by atoms with Crippen LogP contribution >= 0.6 is 0 Å². The summed E-state index contributed by atoms with van der Waals surface area (Å²) < 4.78 is 5.60. The summed E-state index contributed by atoms with van der Waals surface area (Å²) in [6.45, 7) is 3.29. The van der Waals surface area contributed by atoms with Gasteiger partial charge in [-0.3, -0.25) is 15.1 Å². The van der Waals surface area contributed by atoms with Gasteiger partial charge >= 0.3 is 0 Å². The molecule has 0 atom stereocenters. The molecule has 3 aromatic rings. The number of nitrogens with one attached hydrogen (secondary N) is 2. The highest BCUT2D eigenvalue weighted by Gasteiger charge is 2.07. The molecule has 28 heavy (non-hydrogen) atoms. The number of aromatic amines is 1. The summed E-state index contributed by atoms with van der Waals surface area (Å²) in [7, 11) is 0. The van der Waals surface area contributed by atoms with E-state index >= 15 is 0 Å². The molecule has 3 rings (SSSR count). The van der Waals surface area contributed by atoms with Gasteiger partial charge in [-0.05, 0) is 48.7 Å². The number of amides is 1. The first-order valence-electron chi connectivity index (χ1n) is 9.56. The molecule has 1 aromatic heterocycles. The molecule has 0 aliphatic heterocycles. The maximum absolute atomic E-state index is 12.3. The summed E-state index contributed by atoms with van der Waals surface area (Å²) in [6.07, 6.45) is 4.82. The number of rotatable bonds is 8. The van der Waals surface area contributed by atoms with Crippen LogP contribution in [-0.2, 0) is 6.42 Å². The van der Waals surface area contributed by atoms with Crippen LogP contribution in [0.3, 0.4) is 0 Å². The van der Waals surface area contributed by atoms with Gasteiger partial charge < -0.3 is 15.5 Å². The zero-order valence-electron chi connectivity index (χ0n) is 16.1. The SMILES string of the molecule is CCCCOc1ccc(C(=O)NC(N)=NCCc2c[nH]c3ccccc23)cc1. The number of hydrogen-bond donors (Lipinski definition) is 3. The lowest BCUT2D eigenvalue weighted by Crippen LogP contribution is -2.37. The van der Waals surface area contributed by atoms with E-state index in [9.17, 15) is 4.79 Å². The first kappa shape index (κ1) is 19.5. The zero-order valence-corrected chi connectivity index (χ0v) is 16.1. The molecule has 0 fully saturated rings. The second-order valence-electron chi connectivity index (χ2n) is 6.56. The number of hydrogen-bond acceptors (Lipinski definition) is 3. The molecule has 146 valence electrons. The number of unbranched alkanes of at least 4 members (excludes halogenated alkanes) is 1. The van der Waals surface area contributed by atoms with Crippen molar-refractivity contribution < 1.29 is 9.53 Å². The van der Waals surface area contributed by atoms with Crippen molar-refractivity contribution in [2.45, 2.75) is 26.2 Å². The summed E-state index contributed by atoms with van der Waals surface area (Å²) >= 11 is 0. The van der Waals surface area contributed by atoms with Gasteiger partial charge in [-0.1, -0.05) is 31.5 Å². The predicted molar refractivity (Wildman–Crippen MR) is 113 cm³/mol. The number of benzene rings is 2. The first-order chi connectivity index (χ1) is 13.7. The molecule has 1 amide bonds. The summed E-state index contributed by atoms with van der Waals surface area (Å²) in [5, 5.41) is 3.81. The lowest BCUT2D eigenvalue weighted by atomic mass is 10.1. The van der Waals surface area contributed by atoms with E-state index < -0.39 is 0 Å². The first-order valence-corrected chi connectivity index (χ1v) is 9.56. The molecule has 0 radical (unpaired) electrons. The highest BCUT2D eigenvalue weighted by atomic mass is 16.5. The molecule has 0 saturated heterocycles. The van der Waals surface area contributed by atoms with Crippen molar-refractivity contribution in [1.29, 1.82) is 0 Å². The third-order valence-electron chi connectivity index (χ3n) is 4.46. The number of para-hydroxylation sites is 1. The molecule has 6 nitrogen and oxygen atoms in total. The third-order valence-corrected chi connectivity index (χ3v) is 4.46. The molecular weight excluding hydrogens is 352 g/mol. The Morgan fingerprint density at radius 3 is 2.75 bits per heavy atom. The Balaban J connectivity index is 1.50. The minimum atomic E-state index is -0.284.